The first-order chi connectivity index (χ1) is 15.1. The Morgan fingerprint density at radius 2 is 1.50 bits per heavy atom. The Morgan fingerprint density at radius 1 is 0.875 bits per heavy atom. The molecule has 2 heterocycles. The van der Waals surface area contributed by atoms with Gasteiger partial charge in [0.2, 0.25) is 0 Å². The van der Waals surface area contributed by atoms with Gasteiger partial charge in [0.05, 0.1) is 15.3 Å². The zero-order chi connectivity index (χ0) is 23.3. The summed E-state index contributed by atoms with van der Waals surface area (Å²) in [5, 5.41) is 40.4. The van der Waals surface area contributed by atoms with E-state index in [2.05, 4.69) is 62.7 Å². The maximum Gasteiger partial charge on any atom is 0.327 e. The molecule has 0 unspecified atom stereocenters. The van der Waals surface area contributed by atoms with E-state index in [0.29, 0.717) is 21.2 Å². The van der Waals surface area contributed by atoms with E-state index in [4.69, 9.17) is 0 Å². The van der Waals surface area contributed by atoms with Crippen LogP contribution in [0, 0.1) is 0 Å². The van der Waals surface area contributed by atoms with Gasteiger partial charge in [-0.05, 0) is 76.6 Å². The van der Waals surface area contributed by atoms with Crippen molar-refractivity contribution in [1.82, 2.24) is 19.5 Å². The minimum atomic E-state index is -0.680. The normalized spacial score (nSPS) is 11.3. The van der Waals surface area contributed by atoms with Crippen molar-refractivity contribution in [2.45, 2.75) is 13.0 Å². The monoisotopic (exact) mass is 630 g/mol. The van der Waals surface area contributed by atoms with Gasteiger partial charge in [0.15, 0.2) is 34.2 Å². The SMILES string of the molecule is O=c1[nH]c(=O)c2c(ncn2Cc2cc(O)c(O)c(Br)c2Cc2cc(O)c(O)c(Br)c2Br)[nH]1. The number of fused-ring (bicyclic) bond motifs is 1. The van der Waals surface area contributed by atoms with Crippen LogP contribution in [0.2, 0.25) is 0 Å². The number of H-pyrrole nitrogens is 2. The molecular weight excluding hydrogens is 620 g/mol. The molecule has 0 aliphatic rings. The quantitative estimate of drug-likeness (QED) is 0.188. The van der Waals surface area contributed by atoms with Crippen molar-refractivity contribution in [2.75, 3.05) is 0 Å². The average Bonchev–Trinajstić information content (AvgIpc) is 3.14. The van der Waals surface area contributed by atoms with Gasteiger partial charge in [0.1, 0.15) is 0 Å². The van der Waals surface area contributed by atoms with Crippen molar-refractivity contribution in [3.05, 3.63) is 69.4 Å². The first-order valence-corrected chi connectivity index (χ1v) is 11.2. The van der Waals surface area contributed by atoms with Gasteiger partial charge < -0.3 is 25.0 Å². The fourth-order valence-corrected chi connectivity index (χ4v) is 4.84. The number of aromatic amines is 2. The van der Waals surface area contributed by atoms with Gasteiger partial charge in [-0.25, -0.2) is 9.78 Å². The second-order valence-electron chi connectivity index (χ2n) is 6.88. The van der Waals surface area contributed by atoms with Gasteiger partial charge in [-0.15, -0.1) is 0 Å². The van der Waals surface area contributed by atoms with Crippen LogP contribution in [0.15, 0.2) is 41.5 Å². The minimum Gasteiger partial charge on any atom is -0.504 e. The molecule has 0 saturated carbocycles. The second kappa shape index (κ2) is 8.30. The minimum absolute atomic E-state index is 0.0657. The lowest BCUT2D eigenvalue weighted by Gasteiger charge is -2.17. The summed E-state index contributed by atoms with van der Waals surface area (Å²) < 4.78 is 2.45. The number of aromatic hydroxyl groups is 4. The van der Waals surface area contributed by atoms with E-state index in [1.165, 1.54) is 23.0 Å². The molecule has 0 saturated heterocycles. The number of nitrogens with zero attached hydrogens (tertiary/aromatic N) is 2. The number of aromatic nitrogens is 4. The smallest absolute Gasteiger partial charge is 0.327 e. The third-order valence-electron chi connectivity index (χ3n) is 4.87. The Balaban J connectivity index is 1.87. The largest absolute Gasteiger partial charge is 0.504 e. The molecule has 10 nitrogen and oxygen atoms in total. The molecule has 2 aromatic heterocycles. The van der Waals surface area contributed by atoms with E-state index >= 15 is 0 Å². The second-order valence-corrected chi connectivity index (χ2v) is 9.26. The van der Waals surface area contributed by atoms with E-state index < -0.39 is 11.2 Å². The predicted octanol–water partition coefficient (Wildman–Crippen LogP) is 3.16. The fraction of sp³-hybridized carbons (Fsp3) is 0.105. The summed E-state index contributed by atoms with van der Waals surface area (Å²) >= 11 is 9.89. The highest BCUT2D eigenvalue weighted by Gasteiger charge is 2.21. The van der Waals surface area contributed by atoms with Crippen LogP contribution in [-0.2, 0) is 13.0 Å². The first-order valence-electron chi connectivity index (χ1n) is 8.86. The predicted molar refractivity (Wildman–Crippen MR) is 126 cm³/mol. The zero-order valence-electron chi connectivity index (χ0n) is 15.8. The zero-order valence-corrected chi connectivity index (χ0v) is 20.5. The Hall–Kier alpha value is -2.77. The van der Waals surface area contributed by atoms with E-state index in [-0.39, 0.29) is 56.1 Å². The molecule has 13 heteroatoms. The van der Waals surface area contributed by atoms with Gasteiger partial charge in [0, 0.05) is 17.4 Å². The number of hydrogen-bond donors (Lipinski definition) is 6. The van der Waals surface area contributed by atoms with Crippen LogP contribution in [0.4, 0.5) is 0 Å². The van der Waals surface area contributed by atoms with Crippen LogP contribution in [0.25, 0.3) is 11.2 Å². The van der Waals surface area contributed by atoms with Crippen LogP contribution in [0.3, 0.4) is 0 Å². The molecule has 6 N–H and O–H groups in total. The van der Waals surface area contributed by atoms with E-state index in [9.17, 15) is 30.0 Å². The molecule has 4 aromatic rings. The Bertz CT molecular complexity index is 1510. The molecule has 0 aliphatic carbocycles. The van der Waals surface area contributed by atoms with Gasteiger partial charge in [-0.2, -0.15) is 0 Å². The van der Waals surface area contributed by atoms with Crippen LogP contribution in [0.1, 0.15) is 16.7 Å². The van der Waals surface area contributed by atoms with Crippen molar-refractivity contribution in [3.8, 4) is 23.0 Å². The number of imidazole rings is 1. The lowest BCUT2D eigenvalue weighted by atomic mass is 9.98. The number of halogens is 3. The lowest BCUT2D eigenvalue weighted by Crippen LogP contribution is -2.23. The van der Waals surface area contributed by atoms with Crippen molar-refractivity contribution >= 4 is 59.0 Å². The highest BCUT2D eigenvalue weighted by atomic mass is 79.9. The topological polar surface area (TPSA) is 164 Å². The summed E-state index contributed by atoms with van der Waals surface area (Å²) in [5.74, 6) is -1.42. The van der Waals surface area contributed by atoms with E-state index in [0.717, 1.165) is 0 Å². The molecule has 0 bridgehead atoms. The molecule has 0 radical (unpaired) electrons. The van der Waals surface area contributed by atoms with Gasteiger partial charge in [0.25, 0.3) is 5.56 Å². The maximum absolute atomic E-state index is 12.3. The number of hydrogen-bond acceptors (Lipinski definition) is 7. The van der Waals surface area contributed by atoms with E-state index in [1.807, 2.05) is 0 Å². The van der Waals surface area contributed by atoms with Gasteiger partial charge in [-0.1, -0.05) is 0 Å². The lowest BCUT2D eigenvalue weighted by molar-refractivity contribution is 0.399. The van der Waals surface area contributed by atoms with Crippen LogP contribution in [-0.4, -0.2) is 39.9 Å². The summed E-state index contributed by atoms with van der Waals surface area (Å²) in [6.45, 7) is 0.0657. The number of phenolic OH excluding ortho intramolecular Hbond substituents is 4. The molecule has 0 amide bonds. The summed E-state index contributed by atoms with van der Waals surface area (Å²) in [4.78, 5) is 32.4. The number of phenols is 4. The summed E-state index contributed by atoms with van der Waals surface area (Å²) in [6.07, 6.45) is 1.53. The molecule has 0 aliphatic heterocycles. The molecule has 2 aromatic carbocycles. The number of benzene rings is 2. The van der Waals surface area contributed by atoms with E-state index in [1.54, 1.807) is 0 Å². The third-order valence-corrected chi connectivity index (χ3v) is 7.93. The first kappa shape index (κ1) is 22.4. The molecule has 0 fully saturated rings. The molecule has 0 atom stereocenters. The number of rotatable bonds is 4. The molecular formula is C19H13Br3N4O6. The van der Waals surface area contributed by atoms with Crippen molar-refractivity contribution in [3.63, 3.8) is 0 Å². The molecule has 32 heavy (non-hydrogen) atoms. The van der Waals surface area contributed by atoms with Crippen LogP contribution < -0.4 is 11.2 Å². The van der Waals surface area contributed by atoms with Crippen molar-refractivity contribution in [1.29, 1.82) is 0 Å². The molecule has 0 spiro atoms. The molecule has 166 valence electrons. The third kappa shape index (κ3) is 3.80. The van der Waals surface area contributed by atoms with Crippen molar-refractivity contribution in [2.24, 2.45) is 0 Å². The maximum atomic E-state index is 12.3. The summed E-state index contributed by atoms with van der Waals surface area (Å²) in [5.41, 5.74) is 0.564. The number of nitrogens with one attached hydrogen (secondary N) is 2. The Labute approximate surface area is 203 Å². The molecule has 4 rings (SSSR count). The van der Waals surface area contributed by atoms with Crippen LogP contribution >= 0.6 is 47.8 Å². The standard InChI is InChI=1S/C19H13Br3N4O6/c20-11-6(2-9(27)16(30)13(11)22)1-8-7(3-10(28)15(29)12(8)21)4-26-5-23-17-14(26)18(31)25-19(32)24-17/h2-3,5,27-30H,1,4H2,(H2,24,25,31,32). The van der Waals surface area contributed by atoms with Crippen molar-refractivity contribution < 1.29 is 20.4 Å². The summed E-state index contributed by atoms with van der Waals surface area (Å²) in [7, 11) is 0. The highest BCUT2D eigenvalue weighted by molar-refractivity contribution is 9.13. The summed E-state index contributed by atoms with van der Waals surface area (Å²) in [6, 6.07) is 2.72. The average molecular weight is 633 g/mol. The van der Waals surface area contributed by atoms with Gasteiger partial charge in [-0.3, -0.25) is 14.8 Å². The van der Waals surface area contributed by atoms with Gasteiger partial charge >= 0.3 is 5.69 Å². The van der Waals surface area contributed by atoms with Crippen LogP contribution in [0.5, 0.6) is 23.0 Å². The Morgan fingerprint density at radius 3 is 2.19 bits per heavy atom. The Kier molecular flexibility index (Phi) is 5.81. The fourth-order valence-electron chi connectivity index (χ4n) is 3.34. The highest BCUT2D eigenvalue weighted by Crippen LogP contribution is 2.44.